The summed E-state index contributed by atoms with van der Waals surface area (Å²) in [4.78, 5) is 14.1. The molecule has 1 N–H and O–H groups in total. The number of aryl methyl sites for hydroxylation is 1. The number of nitrogens with one attached hydrogen (secondary N) is 1. The first-order valence-corrected chi connectivity index (χ1v) is 12.0. The van der Waals surface area contributed by atoms with E-state index >= 15 is 0 Å². The second-order valence-corrected chi connectivity index (χ2v) is 10.6. The zero-order chi connectivity index (χ0) is 25.5. The van der Waals surface area contributed by atoms with Crippen molar-refractivity contribution < 1.29 is 17.9 Å². The van der Waals surface area contributed by atoms with Crippen LogP contribution in [0.3, 0.4) is 0 Å². The quantitative estimate of drug-likeness (QED) is 0.534. The Morgan fingerprint density at radius 2 is 1.91 bits per heavy atom. The van der Waals surface area contributed by atoms with E-state index in [1.807, 2.05) is 7.05 Å². The van der Waals surface area contributed by atoms with Gasteiger partial charge >= 0.3 is 6.36 Å². The summed E-state index contributed by atoms with van der Waals surface area (Å²) in [5, 5.41) is 13.0. The van der Waals surface area contributed by atoms with Crippen LogP contribution in [0.1, 0.15) is 33.6 Å². The van der Waals surface area contributed by atoms with E-state index < -0.39 is 12.1 Å². The first kappa shape index (κ1) is 25.2. The SMILES string of the molecule is CC1CC(N(C)c2nnc(-c3ccc(-c4ccn(C)c(=O)c4)cc3OC(F)(F)F)s2)CC(C)(C)N1. The largest absolute Gasteiger partial charge is 0.573 e. The van der Waals surface area contributed by atoms with Gasteiger partial charge in [-0.25, -0.2) is 0 Å². The number of nitrogens with zero attached hydrogens (tertiary/aromatic N) is 4. The Hall–Kier alpha value is -2.92. The Morgan fingerprint density at radius 3 is 2.57 bits per heavy atom. The highest BCUT2D eigenvalue weighted by Crippen LogP contribution is 2.40. The molecule has 2 aromatic heterocycles. The van der Waals surface area contributed by atoms with Gasteiger partial charge in [-0.15, -0.1) is 23.4 Å². The molecule has 0 bridgehead atoms. The first-order valence-electron chi connectivity index (χ1n) is 11.2. The Bertz CT molecular complexity index is 1270. The maximum absolute atomic E-state index is 13.3. The molecule has 0 saturated carbocycles. The summed E-state index contributed by atoms with van der Waals surface area (Å²) in [7, 11) is 3.54. The molecule has 0 amide bonds. The van der Waals surface area contributed by atoms with Gasteiger partial charge in [-0.2, -0.15) is 0 Å². The lowest BCUT2D eigenvalue weighted by atomic mass is 9.85. The van der Waals surface area contributed by atoms with Crippen molar-refractivity contribution in [1.82, 2.24) is 20.1 Å². The van der Waals surface area contributed by atoms with Gasteiger partial charge in [0.25, 0.3) is 5.56 Å². The van der Waals surface area contributed by atoms with Crippen molar-refractivity contribution in [1.29, 1.82) is 0 Å². The van der Waals surface area contributed by atoms with Crippen molar-refractivity contribution in [2.45, 2.75) is 57.6 Å². The van der Waals surface area contributed by atoms with Crippen molar-refractivity contribution in [2.75, 3.05) is 11.9 Å². The van der Waals surface area contributed by atoms with Gasteiger partial charge in [-0.1, -0.05) is 17.4 Å². The molecule has 0 spiro atoms. The lowest BCUT2D eigenvalue weighted by molar-refractivity contribution is -0.274. The lowest BCUT2D eigenvalue weighted by Gasteiger charge is -2.43. The molecule has 3 aromatic rings. The molecule has 1 aliphatic heterocycles. The molecule has 1 saturated heterocycles. The maximum atomic E-state index is 13.3. The predicted molar refractivity (Wildman–Crippen MR) is 131 cm³/mol. The molecule has 0 aliphatic carbocycles. The van der Waals surface area contributed by atoms with Gasteiger partial charge in [0.15, 0.2) is 5.01 Å². The average molecular weight is 508 g/mol. The number of benzene rings is 1. The Morgan fingerprint density at radius 1 is 1.20 bits per heavy atom. The second-order valence-electron chi connectivity index (χ2n) is 9.65. The molecule has 1 aromatic carbocycles. The van der Waals surface area contributed by atoms with Crippen molar-refractivity contribution in [2.24, 2.45) is 7.05 Å². The summed E-state index contributed by atoms with van der Waals surface area (Å²) in [6.45, 7) is 6.44. The van der Waals surface area contributed by atoms with Crippen LogP contribution in [0.25, 0.3) is 21.7 Å². The van der Waals surface area contributed by atoms with Crippen LogP contribution >= 0.6 is 11.3 Å². The van der Waals surface area contributed by atoms with Crippen LogP contribution in [-0.2, 0) is 7.05 Å². The number of halogens is 3. The van der Waals surface area contributed by atoms with Crippen LogP contribution in [0, 0.1) is 0 Å². The molecule has 4 rings (SSSR count). The van der Waals surface area contributed by atoms with E-state index in [2.05, 4.69) is 45.9 Å². The highest BCUT2D eigenvalue weighted by atomic mass is 32.1. The smallest absolute Gasteiger partial charge is 0.405 e. The van der Waals surface area contributed by atoms with Crippen LogP contribution in [0.5, 0.6) is 5.75 Å². The highest BCUT2D eigenvalue weighted by Gasteiger charge is 2.35. The van der Waals surface area contributed by atoms with Gasteiger partial charge in [0.05, 0.1) is 5.56 Å². The van der Waals surface area contributed by atoms with Gasteiger partial charge in [-0.05, 0) is 62.9 Å². The predicted octanol–water partition coefficient (Wildman–Crippen LogP) is 4.82. The van der Waals surface area contributed by atoms with Crippen molar-refractivity contribution >= 4 is 16.5 Å². The van der Waals surface area contributed by atoms with Gasteiger partial charge in [0.1, 0.15) is 5.75 Å². The maximum Gasteiger partial charge on any atom is 0.573 e. The lowest BCUT2D eigenvalue weighted by Crippen LogP contribution is -2.56. The number of alkyl halides is 3. The van der Waals surface area contributed by atoms with Crippen LogP contribution in [0.2, 0.25) is 0 Å². The monoisotopic (exact) mass is 507 g/mol. The fourth-order valence-corrected chi connectivity index (χ4v) is 5.51. The van der Waals surface area contributed by atoms with Crippen molar-refractivity contribution in [3.05, 3.63) is 46.9 Å². The highest BCUT2D eigenvalue weighted by molar-refractivity contribution is 7.18. The summed E-state index contributed by atoms with van der Waals surface area (Å²) in [6, 6.07) is 8.02. The Labute approximate surface area is 205 Å². The molecular formula is C24H28F3N5O2S. The number of anilines is 1. The summed E-state index contributed by atoms with van der Waals surface area (Å²) >= 11 is 1.22. The van der Waals surface area contributed by atoms with Gasteiger partial charge < -0.3 is 19.5 Å². The molecule has 35 heavy (non-hydrogen) atoms. The standard InChI is InChI=1S/C24H28F3N5O2S/c1-14-10-17(13-23(2,3)28-14)32(5)22-30-29-21(35-22)18-7-6-15(11-19(18)34-24(25,26)27)16-8-9-31(4)20(33)12-16/h6-9,11-12,14,17,28H,10,13H2,1-5H3. The van der Waals surface area contributed by atoms with E-state index in [-0.39, 0.29) is 22.7 Å². The van der Waals surface area contributed by atoms with E-state index in [0.717, 1.165) is 12.8 Å². The minimum absolute atomic E-state index is 0.0356. The van der Waals surface area contributed by atoms with Gasteiger partial charge in [-0.3, -0.25) is 4.79 Å². The van der Waals surface area contributed by atoms with Crippen LogP contribution < -0.4 is 20.5 Å². The molecule has 3 heterocycles. The molecular weight excluding hydrogens is 479 g/mol. The van der Waals surface area contributed by atoms with Crippen LogP contribution in [0.15, 0.2) is 41.3 Å². The Balaban J connectivity index is 1.67. The van der Waals surface area contributed by atoms with Gasteiger partial charge in [0, 0.05) is 44.0 Å². The zero-order valence-corrected chi connectivity index (χ0v) is 21.0. The minimum Gasteiger partial charge on any atom is -0.405 e. The number of hydrogen-bond donors (Lipinski definition) is 1. The number of hydrogen-bond acceptors (Lipinski definition) is 7. The summed E-state index contributed by atoms with van der Waals surface area (Å²) in [6.07, 6.45) is -1.51. The number of rotatable bonds is 5. The molecule has 188 valence electrons. The molecule has 0 radical (unpaired) electrons. The molecule has 2 atom stereocenters. The number of aromatic nitrogens is 3. The summed E-state index contributed by atoms with van der Waals surface area (Å²) in [5.41, 5.74) is 0.806. The third-order valence-electron chi connectivity index (χ3n) is 6.15. The molecule has 1 aliphatic rings. The van der Waals surface area contributed by atoms with E-state index in [0.29, 0.717) is 27.3 Å². The third kappa shape index (κ3) is 5.84. The second kappa shape index (κ2) is 9.27. The fourth-order valence-electron chi connectivity index (χ4n) is 4.60. The van der Waals surface area contributed by atoms with Crippen LogP contribution in [-0.4, -0.2) is 45.8 Å². The molecule has 2 unspecified atom stereocenters. The zero-order valence-electron chi connectivity index (χ0n) is 20.2. The van der Waals surface area contributed by atoms with E-state index in [1.165, 1.54) is 34.1 Å². The van der Waals surface area contributed by atoms with Crippen molar-refractivity contribution in [3.8, 4) is 27.4 Å². The molecule has 1 fully saturated rings. The van der Waals surface area contributed by atoms with Gasteiger partial charge in [0.2, 0.25) is 5.13 Å². The van der Waals surface area contributed by atoms with E-state index in [1.54, 1.807) is 25.4 Å². The first-order chi connectivity index (χ1) is 16.3. The van der Waals surface area contributed by atoms with Crippen LogP contribution in [0.4, 0.5) is 18.3 Å². The molecule has 7 nitrogen and oxygen atoms in total. The summed E-state index contributed by atoms with van der Waals surface area (Å²) in [5.74, 6) is -0.391. The average Bonchev–Trinajstić information content (AvgIpc) is 3.22. The number of pyridine rings is 1. The molecule has 11 heteroatoms. The van der Waals surface area contributed by atoms with E-state index in [9.17, 15) is 18.0 Å². The normalized spacial score (nSPS) is 20.0. The third-order valence-corrected chi connectivity index (χ3v) is 7.19. The topological polar surface area (TPSA) is 72.3 Å². The van der Waals surface area contributed by atoms with E-state index in [4.69, 9.17) is 0 Å². The number of ether oxygens (including phenoxy) is 1. The minimum atomic E-state index is -4.89. The fraction of sp³-hybridized carbons (Fsp3) is 0.458. The Kier molecular flexibility index (Phi) is 6.67. The van der Waals surface area contributed by atoms with Crippen molar-refractivity contribution in [3.63, 3.8) is 0 Å². The summed E-state index contributed by atoms with van der Waals surface area (Å²) < 4.78 is 45.5. The number of piperidine rings is 1.